The Morgan fingerprint density at radius 3 is 2.31 bits per heavy atom. The molecular weight excluding hydrogens is 390 g/mol. The number of phenolic OH excluding ortho intramolecular Hbond substituents is 1. The molecule has 13 heavy (non-hydrogen) atoms. The van der Waals surface area contributed by atoms with E-state index >= 15 is 0 Å². The Kier molecular flexibility index (Phi) is 3.85. The number of benzene rings is 1. The lowest BCUT2D eigenvalue weighted by Gasteiger charge is -2.14. The standard InChI is InChI=1S/C10H12I2O/c1-5(2)8-7(11)4-6(3)10(13)9(8)12/h4-5,13H,1-3H3. The zero-order chi connectivity index (χ0) is 10.2. The summed E-state index contributed by atoms with van der Waals surface area (Å²) in [6.07, 6.45) is 0. The van der Waals surface area contributed by atoms with Gasteiger partial charge in [0.05, 0.1) is 3.57 Å². The van der Waals surface area contributed by atoms with Crippen molar-refractivity contribution in [1.82, 2.24) is 0 Å². The van der Waals surface area contributed by atoms with Crippen LogP contribution < -0.4 is 0 Å². The lowest BCUT2D eigenvalue weighted by Crippen LogP contribution is -1.97. The Hall–Kier alpha value is 0.480. The quantitative estimate of drug-likeness (QED) is 0.704. The van der Waals surface area contributed by atoms with Crippen molar-refractivity contribution in [1.29, 1.82) is 0 Å². The fourth-order valence-electron chi connectivity index (χ4n) is 1.27. The summed E-state index contributed by atoms with van der Waals surface area (Å²) in [5, 5.41) is 9.75. The van der Waals surface area contributed by atoms with Gasteiger partial charge in [-0.25, -0.2) is 0 Å². The van der Waals surface area contributed by atoms with Gasteiger partial charge in [0.25, 0.3) is 0 Å². The average Bonchev–Trinajstić information content (AvgIpc) is 1.99. The van der Waals surface area contributed by atoms with Crippen molar-refractivity contribution in [2.45, 2.75) is 26.7 Å². The molecule has 0 aromatic heterocycles. The normalized spacial score (nSPS) is 10.9. The second-order valence-electron chi connectivity index (χ2n) is 3.41. The van der Waals surface area contributed by atoms with Crippen LogP contribution in [0.1, 0.15) is 30.9 Å². The maximum absolute atomic E-state index is 9.75. The molecule has 0 aliphatic heterocycles. The molecule has 0 saturated carbocycles. The van der Waals surface area contributed by atoms with Crippen molar-refractivity contribution in [2.24, 2.45) is 0 Å². The first kappa shape index (κ1) is 11.6. The van der Waals surface area contributed by atoms with Crippen LogP contribution in [0.5, 0.6) is 5.75 Å². The van der Waals surface area contributed by atoms with E-state index in [4.69, 9.17) is 0 Å². The third kappa shape index (κ3) is 2.29. The number of hydrogen-bond acceptors (Lipinski definition) is 1. The largest absolute Gasteiger partial charge is 0.507 e. The van der Waals surface area contributed by atoms with Crippen LogP contribution in [0.2, 0.25) is 0 Å². The number of rotatable bonds is 1. The summed E-state index contributed by atoms with van der Waals surface area (Å²) in [5.41, 5.74) is 2.21. The second kappa shape index (κ2) is 4.33. The van der Waals surface area contributed by atoms with E-state index in [-0.39, 0.29) is 0 Å². The molecule has 0 heterocycles. The van der Waals surface area contributed by atoms with E-state index in [2.05, 4.69) is 59.0 Å². The van der Waals surface area contributed by atoms with Crippen LogP contribution in [-0.4, -0.2) is 5.11 Å². The molecule has 0 bridgehead atoms. The maximum Gasteiger partial charge on any atom is 0.132 e. The molecule has 1 N–H and O–H groups in total. The number of aromatic hydroxyl groups is 1. The molecule has 0 fully saturated rings. The summed E-state index contributed by atoms with van der Waals surface area (Å²) in [5.74, 6) is 0.898. The third-order valence-electron chi connectivity index (χ3n) is 2.00. The van der Waals surface area contributed by atoms with Gasteiger partial charge in [-0.1, -0.05) is 13.8 Å². The summed E-state index contributed by atoms with van der Waals surface area (Å²) in [4.78, 5) is 0. The summed E-state index contributed by atoms with van der Waals surface area (Å²) < 4.78 is 2.24. The molecule has 0 atom stereocenters. The molecule has 0 aliphatic carbocycles. The Morgan fingerprint density at radius 1 is 1.31 bits per heavy atom. The molecule has 0 spiro atoms. The van der Waals surface area contributed by atoms with Gasteiger partial charge in [0.1, 0.15) is 5.75 Å². The minimum Gasteiger partial charge on any atom is -0.507 e. The minimum atomic E-state index is 0.435. The van der Waals surface area contributed by atoms with Gasteiger partial charge >= 0.3 is 0 Å². The smallest absolute Gasteiger partial charge is 0.132 e. The van der Waals surface area contributed by atoms with Gasteiger partial charge in [0.2, 0.25) is 0 Å². The molecule has 0 saturated heterocycles. The summed E-state index contributed by atoms with van der Waals surface area (Å²) in [6, 6.07) is 2.04. The first-order valence-corrected chi connectivity index (χ1v) is 6.28. The monoisotopic (exact) mass is 402 g/mol. The third-order valence-corrected chi connectivity index (χ3v) is 3.98. The fourth-order valence-corrected chi connectivity index (χ4v) is 4.49. The highest BCUT2D eigenvalue weighted by Gasteiger charge is 2.14. The SMILES string of the molecule is Cc1cc(I)c(C(C)C)c(I)c1O. The highest BCUT2D eigenvalue weighted by Crippen LogP contribution is 2.34. The van der Waals surface area contributed by atoms with Crippen molar-refractivity contribution in [2.75, 3.05) is 0 Å². The Bertz CT molecular complexity index is 332. The molecule has 0 aliphatic rings. The predicted molar refractivity (Wildman–Crippen MR) is 72.4 cm³/mol. The molecular formula is C10H12I2O. The van der Waals surface area contributed by atoms with Crippen molar-refractivity contribution < 1.29 is 5.11 Å². The van der Waals surface area contributed by atoms with Gasteiger partial charge in [0.15, 0.2) is 0 Å². The number of hydrogen-bond donors (Lipinski definition) is 1. The van der Waals surface area contributed by atoms with Gasteiger partial charge in [-0.05, 0) is 75.2 Å². The zero-order valence-corrected chi connectivity index (χ0v) is 12.2. The van der Waals surface area contributed by atoms with Crippen LogP contribution in [0.4, 0.5) is 0 Å². The van der Waals surface area contributed by atoms with E-state index < -0.39 is 0 Å². The topological polar surface area (TPSA) is 20.2 Å². The van der Waals surface area contributed by atoms with Crippen molar-refractivity contribution in [3.8, 4) is 5.75 Å². The van der Waals surface area contributed by atoms with Gasteiger partial charge < -0.3 is 5.11 Å². The molecule has 0 radical (unpaired) electrons. The molecule has 72 valence electrons. The van der Waals surface area contributed by atoms with Gasteiger partial charge in [-0.2, -0.15) is 0 Å². The van der Waals surface area contributed by atoms with Crippen molar-refractivity contribution in [3.05, 3.63) is 24.3 Å². The Morgan fingerprint density at radius 2 is 1.85 bits per heavy atom. The summed E-state index contributed by atoms with van der Waals surface area (Å²) in [7, 11) is 0. The predicted octanol–water partition coefficient (Wildman–Crippen LogP) is 4.03. The molecule has 0 amide bonds. The molecule has 3 heteroatoms. The number of aryl methyl sites for hydroxylation is 1. The highest BCUT2D eigenvalue weighted by molar-refractivity contribution is 14.1. The summed E-state index contributed by atoms with van der Waals surface area (Å²) in [6.45, 7) is 6.23. The van der Waals surface area contributed by atoms with Crippen LogP contribution in [0.25, 0.3) is 0 Å². The van der Waals surface area contributed by atoms with Crippen LogP contribution in [0.3, 0.4) is 0 Å². The number of phenols is 1. The zero-order valence-electron chi connectivity index (χ0n) is 7.86. The van der Waals surface area contributed by atoms with Crippen LogP contribution >= 0.6 is 45.2 Å². The molecule has 1 rings (SSSR count). The van der Waals surface area contributed by atoms with E-state index in [0.29, 0.717) is 11.7 Å². The van der Waals surface area contributed by atoms with E-state index in [1.54, 1.807) is 0 Å². The van der Waals surface area contributed by atoms with Crippen molar-refractivity contribution in [3.63, 3.8) is 0 Å². The minimum absolute atomic E-state index is 0.435. The summed E-state index contributed by atoms with van der Waals surface area (Å²) >= 11 is 4.54. The molecule has 1 aromatic carbocycles. The molecule has 0 unspecified atom stereocenters. The first-order chi connectivity index (χ1) is 5.95. The van der Waals surface area contributed by atoms with Gasteiger partial charge in [-0.15, -0.1) is 0 Å². The van der Waals surface area contributed by atoms with Crippen LogP contribution in [-0.2, 0) is 0 Å². The lowest BCUT2D eigenvalue weighted by molar-refractivity contribution is 0.465. The maximum atomic E-state index is 9.75. The first-order valence-electron chi connectivity index (χ1n) is 4.12. The van der Waals surface area contributed by atoms with Crippen LogP contribution in [0, 0.1) is 14.1 Å². The van der Waals surface area contributed by atoms with E-state index in [1.807, 2.05) is 13.0 Å². The van der Waals surface area contributed by atoms with Crippen molar-refractivity contribution >= 4 is 45.2 Å². The van der Waals surface area contributed by atoms with Crippen LogP contribution in [0.15, 0.2) is 6.07 Å². The Labute approximate surface area is 106 Å². The lowest BCUT2D eigenvalue weighted by atomic mass is 10.0. The molecule has 1 aromatic rings. The average molecular weight is 402 g/mol. The van der Waals surface area contributed by atoms with E-state index in [0.717, 1.165) is 9.13 Å². The number of halogens is 2. The van der Waals surface area contributed by atoms with E-state index in [9.17, 15) is 5.11 Å². The van der Waals surface area contributed by atoms with Gasteiger partial charge in [-0.3, -0.25) is 0 Å². The second-order valence-corrected chi connectivity index (χ2v) is 5.65. The highest BCUT2D eigenvalue weighted by atomic mass is 127. The van der Waals surface area contributed by atoms with E-state index in [1.165, 1.54) is 9.13 Å². The Balaban J connectivity index is 3.44. The fraction of sp³-hybridized carbons (Fsp3) is 0.400. The van der Waals surface area contributed by atoms with Gasteiger partial charge in [0, 0.05) is 3.57 Å². The molecule has 1 nitrogen and oxygen atoms in total.